The number of nitrogens with zero attached hydrogens (tertiary/aromatic N) is 2. The minimum Gasteiger partial charge on any atom is -0.486 e. The molecular weight excluding hydrogens is 621 g/mol. The van der Waals surface area contributed by atoms with E-state index in [9.17, 15) is 22.4 Å². The minimum atomic E-state index is -4.40. The lowest BCUT2D eigenvalue weighted by atomic mass is 10.0. The number of rotatable bonds is 13. The molecule has 9 nitrogen and oxygen atoms in total. The predicted molar refractivity (Wildman–Crippen MR) is 177 cm³/mol. The lowest BCUT2D eigenvalue weighted by Crippen LogP contribution is -2.53. The third-order valence-corrected chi connectivity index (χ3v) is 9.52. The molecule has 47 heavy (non-hydrogen) atoms. The van der Waals surface area contributed by atoms with Crippen LogP contribution in [0.15, 0.2) is 102 Å². The summed E-state index contributed by atoms with van der Waals surface area (Å²) in [7, 11) is -4.40. The lowest BCUT2D eigenvalue weighted by Gasteiger charge is -2.34. The summed E-state index contributed by atoms with van der Waals surface area (Å²) in [4.78, 5) is 29.6. The molecule has 1 aliphatic heterocycles. The molecule has 0 saturated heterocycles. The Labute approximate surface area is 275 Å². The Bertz CT molecular complexity index is 1800. The van der Waals surface area contributed by atoms with Crippen LogP contribution in [0.5, 0.6) is 11.5 Å². The number of aryl methyl sites for hydroxylation is 1. The number of hydrogen-bond donors (Lipinski definition) is 1. The van der Waals surface area contributed by atoms with Crippen molar-refractivity contribution in [3.8, 4) is 11.5 Å². The molecule has 1 aliphatic rings. The second-order valence-corrected chi connectivity index (χ2v) is 13.2. The number of sulfonamides is 1. The van der Waals surface area contributed by atoms with Gasteiger partial charge in [-0.05, 0) is 60.9 Å². The Balaban J connectivity index is 1.57. The summed E-state index contributed by atoms with van der Waals surface area (Å²) in [5.74, 6) is -0.845. The van der Waals surface area contributed by atoms with Crippen LogP contribution >= 0.6 is 0 Å². The van der Waals surface area contributed by atoms with E-state index < -0.39 is 34.3 Å². The van der Waals surface area contributed by atoms with Gasteiger partial charge in [0.05, 0.1) is 10.6 Å². The molecule has 0 aromatic heterocycles. The molecule has 0 radical (unpaired) electrons. The third-order valence-electron chi connectivity index (χ3n) is 7.75. The van der Waals surface area contributed by atoms with Crippen LogP contribution in [0.1, 0.15) is 30.0 Å². The van der Waals surface area contributed by atoms with Crippen molar-refractivity contribution in [1.29, 1.82) is 0 Å². The number of amides is 2. The van der Waals surface area contributed by atoms with E-state index in [1.807, 2.05) is 68.4 Å². The number of benzene rings is 4. The molecule has 2 amide bonds. The van der Waals surface area contributed by atoms with Gasteiger partial charge in [0.2, 0.25) is 11.8 Å². The molecule has 0 saturated carbocycles. The van der Waals surface area contributed by atoms with Gasteiger partial charge in [0.15, 0.2) is 11.5 Å². The molecule has 1 atom stereocenters. The number of nitrogens with one attached hydrogen (secondary N) is 1. The van der Waals surface area contributed by atoms with Crippen molar-refractivity contribution in [3.63, 3.8) is 0 Å². The van der Waals surface area contributed by atoms with E-state index in [0.29, 0.717) is 25.3 Å². The fraction of sp³-hybridized carbons (Fsp3) is 0.278. The topological polar surface area (TPSA) is 105 Å². The van der Waals surface area contributed by atoms with Gasteiger partial charge in [-0.3, -0.25) is 13.9 Å². The number of anilines is 1. The Kier molecular flexibility index (Phi) is 10.8. The monoisotopic (exact) mass is 659 g/mol. The predicted octanol–water partition coefficient (Wildman–Crippen LogP) is 5.27. The van der Waals surface area contributed by atoms with Crippen molar-refractivity contribution in [1.82, 2.24) is 10.2 Å². The van der Waals surface area contributed by atoms with Crippen molar-refractivity contribution in [2.24, 2.45) is 0 Å². The molecule has 0 unspecified atom stereocenters. The second kappa shape index (κ2) is 15.1. The molecule has 0 fully saturated rings. The number of ether oxygens (including phenoxy) is 2. The number of carbonyl (C=O) groups excluding carboxylic acids is 2. The van der Waals surface area contributed by atoms with E-state index in [4.69, 9.17) is 9.47 Å². The Hall–Kier alpha value is -4.90. The van der Waals surface area contributed by atoms with Gasteiger partial charge in [-0.15, -0.1) is 0 Å². The van der Waals surface area contributed by atoms with Gasteiger partial charge in [-0.25, -0.2) is 12.8 Å². The summed E-state index contributed by atoms with van der Waals surface area (Å²) in [6, 6.07) is 25.1. The number of fused-ring (bicyclic) bond motifs is 1. The van der Waals surface area contributed by atoms with E-state index in [1.165, 1.54) is 35.2 Å². The van der Waals surface area contributed by atoms with Crippen molar-refractivity contribution in [2.45, 2.75) is 44.2 Å². The normalized spacial score (nSPS) is 13.0. The summed E-state index contributed by atoms with van der Waals surface area (Å²) in [6.07, 6.45) is 0.904. The fourth-order valence-corrected chi connectivity index (χ4v) is 6.80. The van der Waals surface area contributed by atoms with Crippen molar-refractivity contribution < 1.29 is 31.9 Å². The van der Waals surface area contributed by atoms with Crippen LogP contribution in [0, 0.1) is 12.7 Å². The molecule has 0 spiro atoms. The molecule has 4 aromatic rings. The van der Waals surface area contributed by atoms with Crippen LogP contribution in [-0.2, 0) is 32.6 Å². The summed E-state index contributed by atoms with van der Waals surface area (Å²) in [6.45, 7) is 4.28. The molecule has 0 aliphatic carbocycles. The Morgan fingerprint density at radius 1 is 0.872 bits per heavy atom. The number of halogens is 1. The van der Waals surface area contributed by atoms with Crippen LogP contribution < -0.4 is 19.1 Å². The molecule has 1 heterocycles. The van der Waals surface area contributed by atoms with E-state index in [2.05, 4.69) is 5.32 Å². The van der Waals surface area contributed by atoms with Crippen molar-refractivity contribution >= 4 is 27.5 Å². The first-order valence-corrected chi connectivity index (χ1v) is 16.9. The molecule has 0 bridgehead atoms. The maximum absolute atomic E-state index is 14.5. The first kappa shape index (κ1) is 33.5. The molecule has 4 aromatic carbocycles. The maximum atomic E-state index is 14.5. The highest BCUT2D eigenvalue weighted by Gasteiger charge is 2.35. The zero-order chi connectivity index (χ0) is 33.4. The SMILES string of the molecule is CCCNC(=O)[C@H](Cc1ccccc1)N(Cc1cccc(C)c1)C(=O)CN(c1ccc(F)cc1)S(=O)(=O)c1ccc2c(c1)OCCO2. The summed E-state index contributed by atoms with van der Waals surface area (Å²) in [5, 5.41) is 2.93. The van der Waals surface area contributed by atoms with Crippen LogP contribution in [0.2, 0.25) is 0 Å². The zero-order valence-electron chi connectivity index (χ0n) is 26.4. The van der Waals surface area contributed by atoms with Gasteiger partial charge in [-0.1, -0.05) is 67.1 Å². The van der Waals surface area contributed by atoms with E-state index in [0.717, 1.165) is 33.1 Å². The highest BCUT2D eigenvalue weighted by atomic mass is 32.2. The van der Waals surface area contributed by atoms with E-state index in [-0.39, 0.29) is 41.8 Å². The molecule has 246 valence electrons. The fourth-order valence-electron chi connectivity index (χ4n) is 5.37. The standard InChI is InChI=1S/C36H38FN3O6S/c1-3-18-38-36(42)32(22-27-9-5-4-6-10-27)39(24-28-11-7-8-26(2)21-28)35(41)25-40(30-14-12-29(37)13-15-30)47(43,44)31-16-17-33-34(23-31)46-20-19-45-33/h4-17,21,23,32H,3,18-20,22,24-25H2,1-2H3,(H,38,42)/t32-/m0/s1. The average molecular weight is 660 g/mol. The summed E-state index contributed by atoms with van der Waals surface area (Å²) >= 11 is 0. The Morgan fingerprint density at radius 2 is 1.57 bits per heavy atom. The third kappa shape index (κ3) is 8.28. The largest absolute Gasteiger partial charge is 0.486 e. The van der Waals surface area contributed by atoms with Gasteiger partial charge in [0.25, 0.3) is 10.0 Å². The highest BCUT2D eigenvalue weighted by molar-refractivity contribution is 7.92. The average Bonchev–Trinajstić information content (AvgIpc) is 3.08. The van der Waals surface area contributed by atoms with E-state index in [1.54, 1.807) is 0 Å². The quantitative estimate of drug-likeness (QED) is 0.210. The van der Waals surface area contributed by atoms with Gasteiger partial charge in [0, 0.05) is 25.6 Å². The molecule has 1 N–H and O–H groups in total. The zero-order valence-corrected chi connectivity index (χ0v) is 27.2. The molecular formula is C36H38FN3O6S. The maximum Gasteiger partial charge on any atom is 0.264 e. The van der Waals surface area contributed by atoms with Crippen LogP contribution in [0.4, 0.5) is 10.1 Å². The summed E-state index contributed by atoms with van der Waals surface area (Å²) in [5.41, 5.74) is 2.67. The van der Waals surface area contributed by atoms with Gasteiger partial charge < -0.3 is 19.7 Å². The highest BCUT2D eigenvalue weighted by Crippen LogP contribution is 2.34. The lowest BCUT2D eigenvalue weighted by molar-refractivity contribution is -0.140. The number of carbonyl (C=O) groups is 2. The summed E-state index contributed by atoms with van der Waals surface area (Å²) < 4.78 is 54.7. The van der Waals surface area contributed by atoms with Crippen molar-refractivity contribution in [2.75, 3.05) is 30.6 Å². The second-order valence-electron chi connectivity index (χ2n) is 11.3. The molecule has 5 rings (SSSR count). The van der Waals surface area contributed by atoms with Crippen molar-refractivity contribution in [3.05, 3.63) is 120 Å². The first-order valence-electron chi connectivity index (χ1n) is 15.5. The van der Waals surface area contributed by atoms with Gasteiger partial charge in [0.1, 0.15) is 31.6 Å². The minimum absolute atomic E-state index is 0.0545. The van der Waals surface area contributed by atoms with Crippen LogP contribution in [0.25, 0.3) is 0 Å². The smallest absolute Gasteiger partial charge is 0.264 e. The van der Waals surface area contributed by atoms with Gasteiger partial charge in [-0.2, -0.15) is 0 Å². The van der Waals surface area contributed by atoms with E-state index >= 15 is 0 Å². The number of hydrogen-bond acceptors (Lipinski definition) is 6. The van der Waals surface area contributed by atoms with Gasteiger partial charge >= 0.3 is 0 Å². The Morgan fingerprint density at radius 3 is 2.28 bits per heavy atom. The molecule has 11 heteroatoms. The first-order chi connectivity index (χ1) is 22.7. The van der Waals surface area contributed by atoms with Crippen LogP contribution in [0.3, 0.4) is 0 Å². The van der Waals surface area contributed by atoms with Crippen LogP contribution in [-0.4, -0.2) is 57.5 Å².